The Bertz CT molecular complexity index is 1120. The molecule has 0 fully saturated rings. The second kappa shape index (κ2) is 8.35. The molecule has 4 aromatic rings. The summed E-state index contributed by atoms with van der Waals surface area (Å²) in [6.45, 7) is 2.44. The molecule has 4 rings (SSSR count). The van der Waals surface area contributed by atoms with E-state index in [0.29, 0.717) is 12.3 Å². The lowest BCUT2D eigenvalue weighted by atomic mass is 9.87. The van der Waals surface area contributed by atoms with E-state index in [1.54, 1.807) is 18.4 Å². The SMILES string of the molecule is CCc1cccc2c([C@H](CC(=O)NCc3ccco3)c3cccc(F)c3)c[nH]c12. The third-order valence-electron chi connectivity index (χ3n) is 5.27. The molecule has 2 N–H and O–H groups in total. The summed E-state index contributed by atoms with van der Waals surface area (Å²) in [7, 11) is 0. The first-order valence-electron chi connectivity index (χ1n) is 9.79. The van der Waals surface area contributed by atoms with Gasteiger partial charge in [-0.15, -0.1) is 0 Å². The summed E-state index contributed by atoms with van der Waals surface area (Å²) in [4.78, 5) is 16.1. The molecule has 0 saturated heterocycles. The molecule has 0 saturated carbocycles. The van der Waals surface area contributed by atoms with Crippen LogP contribution in [-0.2, 0) is 17.8 Å². The van der Waals surface area contributed by atoms with Crippen molar-refractivity contribution < 1.29 is 13.6 Å². The second-order valence-corrected chi connectivity index (χ2v) is 7.11. The van der Waals surface area contributed by atoms with Gasteiger partial charge in [0.25, 0.3) is 0 Å². The Morgan fingerprint density at radius 1 is 1.17 bits per heavy atom. The minimum atomic E-state index is -0.308. The number of para-hydroxylation sites is 1. The summed E-state index contributed by atoms with van der Waals surface area (Å²) < 4.78 is 19.2. The number of halogens is 1. The van der Waals surface area contributed by atoms with E-state index < -0.39 is 0 Å². The van der Waals surface area contributed by atoms with Crippen LogP contribution in [0, 0.1) is 5.82 Å². The molecule has 2 heterocycles. The number of aryl methyl sites for hydroxylation is 1. The maximum Gasteiger partial charge on any atom is 0.221 e. The largest absolute Gasteiger partial charge is 0.467 e. The molecule has 1 amide bonds. The van der Waals surface area contributed by atoms with Gasteiger partial charge in [0.15, 0.2) is 0 Å². The van der Waals surface area contributed by atoms with E-state index in [1.165, 1.54) is 17.7 Å². The van der Waals surface area contributed by atoms with Crippen LogP contribution in [0.4, 0.5) is 4.39 Å². The zero-order valence-electron chi connectivity index (χ0n) is 16.2. The van der Waals surface area contributed by atoms with Crippen molar-refractivity contribution in [1.82, 2.24) is 10.3 Å². The Morgan fingerprint density at radius 3 is 2.79 bits per heavy atom. The molecule has 2 aromatic heterocycles. The Labute approximate surface area is 168 Å². The Kier molecular flexibility index (Phi) is 5.47. The number of aromatic amines is 1. The quantitative estimate of drug-likeness (QED) is 0.450. The van der Waals surface area contributed by atoms with E-state index in [9.17, 15) is 9.18 Å². The molecule has 0 unspecified atom stereocenters. The van der Waals surface area contributed by atoms with Gasteiger partial charge in [0, 0.05) is 29.4 Å². The Hall–Kier alpha value is -3.34. The minimum absolute atomic E-state index is 0.114. The first-order chi connectivity index (χ1) is 14.2. The molecule has 1 atom stereocenters. The molecule has 0 spiro atoms. The standard InChI is InChI=1S/C24H23FN2O2/c1-2-16-6-4-10-20-22(15-27-24(16)20)21(17-7-3-8-18(25)12-17)13-23(28)26-14-19-9-5-11-29-19/h3-12,15,21,27H,2,13-14H2,1H3,(H,26,28)/t21-/m1/s1. The minimum Gasteiger partial charge on any atom is -0.467 e. The zero-order chi connectivity index (χ0) is 20.2. The number of H-pyrrole nitrogens is 1. The van der Waals surface area contributed by atoms with Crippen molar-refractivity contribution in [2.24, 2.45) is 0 Å². The predicted octanol–water partition coefficient (Wildman–Crippen LogP) is 5.30. The zero-order valence-corrected chi connectivity index (χ0v) is 16.2. The lowest BCUT2D eigenvalue weighted by Crippen LogP contribution is -2.24. The molecule has 0 aliphatic rings. The maximum atomic E-state index is 14.0. The number of amides is 1. The molecule has 0 aliphatic carbocycles. The molecule has 0 radical (unpaired) electrons. The molecule has 5 heteroatoms. The van der Waals surface area contributed by atoms with Gasteiger partial charge in [-0.25, -0.2) is 4.39 Å². The van der Waals surface area contributed by atoms with Crippen LogP contribution in [-0.4, -0.2) is 10.9 Å². The summed E-state index contributed by atoms with van der Waals surface area (Å²) in [5.41, 5.74) is 4.06. The van der Waals surface area contributed by atoms with E-state index in [1.807, 2.05) is 30.5 Å². The van der Waals surface area contributed by atoms with Crippen LogP contribution in [0.15, 0.2) is 71.5 Å². The highest BCUT2D eigenvalue weighted by Crippen LogP contribution is 2.34. The fraction of sp³-hybridized carbons (Fsp3) is 0.208. The van der Waals surface area contributed by atoms with E-state index in [2.05, 4.69) is 23.3 Å². The average molecular weight is 390 g/mol. The van der Waals surface area contributed by atoms with Gasteiger partial charge in [-0.2, -0.15) is 0 Å². The molecule has 29 heavy (non-hydrogen) atoms. The highest BCUT2D eigenvalue weighted by atomic mass is 19.1. The summed E-state index contributed by atoms with van der Waals surface area (Å²) in [5.74, 6) is 0.0118. The number of hydrogen-bond donors (Lipinski definition) is 2. The maximum absolute atomic E-state index is 14.0. The van der Waals surface area contributed by atoms with E-state index in [-0.39, 0.29) is 24.1 Å². The lowest BCUT2D eigenvalue weighted by molar-refractivity contribution is -0.121. The van der Waals surface area contributed by atoms with E-state index >= 15 is 0 Å². The first kappa shape index (κ1) is 19.0. The molecule has 4 nitrogen and oxygen atoms in total. The van der Waals surface area contributed by atoms with Crippen molar-refractivity contribution in [2.75, 3.05) is 0 Å². The summed E-state index contributed by atoms with van der Waals surface area (Å²) in [6, 6.07) is 16.3. The number of fused-ring (bicyclic) bond motifs is 1. The normalized spacial score (nSPS) is 12.2. The topological polar surface area (TPSA) is 58.0 Å². The monoisotopic (exact) mass is 390 g/mol. The van der Waals surface area contributed by atoms with Gasteiger partial charge in [0.2, 0.25) is 5.91 Å². The van der Waals surface area contributed by atoms with Gasteiger partial charge in [0.05, 0.1) is 12.8 Å². The number of furan rings is 1. The number of carbonyl (C=O) groups is 1. The van der Waals surface area contributed by atoms with Crippen molar-refractivity contribution >= 4 is 16.8 Å². The molecular weight excluding hydrogens is 367 g/mol. The lowest BCUT2D eigenvalue weighted by Gasteiger charge is -2.17. The average Bonchev–Trinajstić information content (AvgIpc) is 3.40. The predicted molar refractivity (Wildman–Crippen MR) is 111 cm³/mol. The highest BCUT2D eigenvalue weighted by molar-refractivity contribution is 5.88. The van der Waals surface area contributed by atoms with Crippen LogP contribution < -0.4 is 5.32 Å². The van der Waals surface area contributed by atoms with Crippen LogP contribution in [0.2, 0.25) is 0 Å². The van der Waals surface area contributed by atoms with Crippen molar-refractivity contribution in [2.45, 2.75) is 32.2 Å². The Balaban J connectivity index is 1.67. The number of aromatic nitrogens is 1. The van der Waals surface area contributed by atoms with Crippen LogP contribution in [0.3, 0.4) is 0 Å². The van der Waals surface area contributed by atoms with Crippen molar-refractivity contribution in [3.63, 3.8) is 0 Å². The second-order valence-electron chi connectivity index (χ2n) is 7.11. The van der Waals surface area contributed by atoms with E-state index in [0.717, 1.165) is 28.5 Å². The van der Waals surface area contributed by atoms with Crippen LogP contribution >= 0.6 is 0 Å². The summed E-state index contributed by atoms with van der Waals surface area (Å²) >= 11 is 0. The number of rotatable bonds is 7. The number of carbonyl (C=O) groups excluding carboxylic acids is 1. The fourth-order valence-electron chi connectivity index (χ4n) is 3.81. The smallest absolute Gasteiger partial charge is 0.221 e. The van der Waals surface area contributed by atoms with Crippen molar-refractivity contribution in [1.29, 1.82) is 0 Å². The highest BCUT2D eigenvalue weighted by Gasteiger charge is 2.22. The van der Waals surface area contributed by atoms with Crippen LogP contribution in [0.5, 0.6) is 0 Å². The molecular formula is C24H23FN2O2. The third kappa shape index (κ3) is 4.09. The van der Waals surface area contributed by atoms with Crippen molar-refractivity contribution in [3.05, 3.63) is 95.3 Å². The van der Waals surface area contributed by atoms with Crippen molar-refractivity contribution in [3.8, 4) is 0 Å². The number of nitrogens with one attached hydrogen (secondary N) is 2. The van der Waals surface area contributed by atoms with Gasteiger partial charge in [0.1, 0.15) is 11.6 Å². The van der Waals surface area contributed by atoms with Crippen LogP contribution in [0.1, 0.15) is 41.7 Å². The van der Waals surface area contributed by atoms with Gasteiger partial charge in [-0.3, -0.25) is 4.79 Å². The third-order valence-corrected chi connectivity index (χ3v) is 5.27. The van der Waals surface area contributed by atoms with Gasteiger partial charge < -0.3 is 14.7 Å². The molecule has 0 aliphatic heterocycles. The molecule has 0 bridgehead atoms. The summed E-state index contributed by atoms with van der Waals surface area (Å²) in [6.07, 6.45) is 4.65. The number of benzene rings is 2. The fourth-order valence-corrected chi connectivity index (χ4v) is 3.81. The van der Waals surface area contributed by atoms with Gasteiger partial charge >= 0.3 is 0 Å². The molecule has 148 valence electrons. The molecule has 2 aromatic carbocycles. The van der Waals surface area contributed by atoms with Gasteiger partial charge in [-0.1, -0.05) is 37.3 Å². The number of hydrogen-bond acceptors (Lipinski definition) is 2. The first-order valence-corrected chi connectivity index (χ1v) is 9.79. The van der Waals surface area contributed by atoms with Crippen LogP contribution in [0.25, 0.3) is 10.9 Å². The van der Waals surface area contributed by atoms with Gasteiger partial charge in [-0.05, 0) is 47.4 Å². The van der Waals surface area contributed by atoms with E-state index in [4.69, 9.17) is 4.42 Å². The summed E-state index contributed by atoms with van der Waals surface area (Å²) in [5, 5.41) is 3.96. The Morgan fingerprint density at radius 2 is 2.03 bits per heavy atom.